The molecule has 10 heteroatoms. The lowest BCUT2D eigenvalue weighted by Gasteiger charge is -2.43. The summed E-state index contributed by atoms with van der Waals surface area (Å²) in [6.45, 7) is 1.06. The van der Waals surface area contributed by atoms with Crippen molar-refractivity contribution in [2.75, 3.05) is 31.1 Å². The van der Waals surface area contributed by atoms with Crippen molar-refractivity contribution >= 4 is 17.8 Å². The molecule has 0 bridgehead atoms. The first-order valence-electron chi connectivity index (χ1n) is 6.60. The Morgan fingerprint density at radius 1 is 1.27 bits per heavy atom. The lowest BCUT2D eigenvalue weighted by molar-refractivity contribution is -0.150. The summed E-state index contributed by atoms with van der Waals surface area (Å²) in [5, 5.41) is 2.46. The van der Waals surface area contributed by atoms with Gasteiger partial charge in [0.15, 0.2) is 0 Å². The van der Waals surface area contributed by atoms with Crippen LogP contribution in [0.2, 0.25) is 0 Å². The van der Waals surface area contributed by atoms with Gasteiger partial charge in [-0.15, -0.1) is 0 Å². The van der Waals surface area contributed by atoms with E-state index in [4.69, 9.17) is 0 Å². The van der Waals surface area contributed by atoms with Gasteiger partial charge in [0.25, 0.3) is 0 Å². The quantitative estimate of drug-likeness (QED) is 0.716. The molecule has 118 valence electrons. The zero-order valence-corrected chi connectivity index (χ0v) is 11.3. The Hall–Kier alpha value is -2.39. The molecular formula is C12H12F3N5O2. The van der Waals surface area contributed by atoms with Crippen LogP contribution in [0, 0.1) is 0 Å². The highest BCUT2D eigenvalue weighted by Gasteiger charge is 2.39. The van der Waals surface area contributed by atoms with Crippen LogP contribution in [0.4, 0.5) is 19.1 Å². The van der Waals surface area contributed by atoms with E-state index in [1.165, 1.54) is 4.90 Å². The average Bonchev–Trinajstić information content (AvgIpc) is 2.50. The van der Waals surface area contributed by atoms with Crippen molar-refractivity contribution in [3.8, 4) is 0 Å². The van der Waals surface area contributed by atoms with Crippen LogP contribution < -0.4 is 10.2 Å². The van der Waals surface area contributed by atoms with Gasteiger partial charge in [-0.1, -0.05) is 0 Å². The lowest BCUT2D eigenvalue weighted by atomic mass is 10.1. The molecule has 2 aliphatic heterocycles. The van der Waals surface area contributed by atoms with Gasteiger partial charge in [0.05, 0.1) is 6.04 Å². The number of hydrogen-bond donors (Lipinski definition) is 1. The van der Waals surface area contributed by atoms with E-state index in [9.17, 15) is 22.8 Å². The monoisotopic (exact) mass is 315 g/mol. The summed E-state index contributed by atoms with van der Waals surface area (Å²) in [4.78, 5) is 33.4. The molecule has 22 heavy (non-hydrogen) atoms. The first kappa shape index (κ1) is 14.5. The van der Waals surface area contributed by atoms with E-state index in [1.54, 1.807) is 4.90 Å². The van der Waals surface area contributed by atoms with Crippen molar-refractivity contribution < 1.29 is 22.8 Å². The minimum absolute atomic E-state index is 0.0289. The van der Waals surface area contributed by atoms with E-state index in [0.29, 0.717) is 0 Å². The van der Waals surface area contributed by atoms with Crippen molar-refractivity contribution in [3.05, 3.63) is 18.0 Å². The maximum Gasteiger partial charge on any atom is 0.433 e. The molecule has 0 spiro atoms. The predicted octanol–water partition coefficient (Wildman–Crippen LogP) is -0.358. The average molecular weight is 315 g/mol. The van der Waals surface area contributed by atoms with Crippen molar-refractivity contribution in [2.24, 2.45) is 0 Å². The molecular weight excluding hydrogens is 303 g/mol. The number of carbonyl (C=O) groups excluding carboxylic acids is 2. The minimum Gasteiger partial charge on any atom is -0.346 e. The van der Waals surface area contributed by atoms with Crippen molar-refractivity contribution in [2.45, 2.75) is 12.2 Å². The molecule has 0 aliphatic carbocycles. The number of amides is 2. The molecule has 0 unspecified atom stereocenters. The largest absolute Gasteiger partial charge is 0.433 e. The fraction of sp³-hybridized carbons (Fsp3) is 0.500. The van der Waals surface area contributed by atoms with Crippen molar-refractivity contribution in [1.82, 2.24) is 20.2 Å². The Morgan fingerprint density at radius 3 is 2.77 bits per heavy atom. The van der Waals surface area contributed by atoms with Crippen LogP contribution in [0.3, 0.4) is 0 Å². The maximum atomic E-state index is 12.7. The third kappa shape index (κ3) is 2.55. The fourth-order valence-electron chi connectivity index (χ4n) is 2.55. The summed E-state index contributed by atoms with van der Waals surface area (Å²) in [7, 11) is 0. The SMILES string of the molecule is O=C1NC[C@H]2CN(c3nccc(C(F)(F)F)n3)CCN2C1=O. The zero-order chi connectivity index (χ0) is 15.9. The first-order chi connectivity index (χ1) is 10.4. The van der Waals surface area contributed by atoms with Crippen LogP contribution >= 0.6 is 0 Å². The molecule has 0 radical (unpaired) electrons. The second-order valence-electron chi connectivity index (χ2n) is 5.05. The molecule has 3 heterocycles. The molecule has 2 saturated heterocycles. The smallest absolute Gasteiger partial charge is 0.346 e. The fourth-order valence-corrected chi connectivity index (χ4v) is 2.55. The molecule has 7 nitrogen and oxygen atoms in total. The van der Waals surface area contributed by atoms with Gasteiger partial charge < -0.3 is 15.1 Å². The summed E-state index contributed by atoms with van der Waals surface area (Å²) < 4.78 is 38.1. The van der Waals surface area contributed by atoms with E-state index in [1.807, 2.05) is 0 Å². The molecule has 3 rings (SSSR count). The van der Waals surface area contributed by atoms with E-state index in [-0.39, 0.29) is 38.2 Å². The van der Waals surface area contributed by atoms with Gasteiger partial charge >= 0.3 is 18.0 Å². The Kier molecular flexibility index (Phi) is 3.38. The van der Waals surface area contributed by atoms with Gasteiger partial charge in [-0.3, -0.25) is 9.59 Å². The zero-order valence-electron chi connectivity index (χ0n) is 11.3. The van der Waals surface area contributed by atoms with Crippen LogP contribution in [0.15, 0.2) is 12.3 Å². The van der Waals surface area contributed by atoms with Gasteiger partial charge in [0.2, 0.25) is 5.95 Å². The van der Waals surface area contributed by atoms with Gasteiger partial charge in [-0.05, 0) is 6.07 Å². The lowest BCUT2D eigenvalue weighted by Crippen LogP contribution is -2.65. The van der Waals surface area contributed by atoms with Crippen molar-refractivity contribution in [1.29, 1.82) is 0 Å². The van der Waals surface area contributed by atoms with E-state index < -0.39 is 23.7 Å². The predicted molar refractivity (Wildman–Crippen MR) is 67.8 cm³/mol. The number of nitrogens with one attached hydrogen (secondary N) is 1. The standard InChI is InChI=1S/C12H12F3N5O2/c13-12(14,15)8-1-2-16-11(18-8)19-3-4-20-7(6-19)5-17-9(21)10(20)22/h1-2,7H,3-6H2,(H,17,21)/t7-/m0/s1. The number of piperazine rings is 2. The summed E-state index contributed by atoms with van der Waals surface area (Å²) in [5.74, 6) is -1.29. The Balaban J connectivity index is 1.78. The third-order valence-corrected chi connectivity index (χ3v) is 3.65. The van der Waals surface area contributed by atoms with E-state index in [2.05, 4.69) is 15.3 Å². The molecule has 2 amide bonds. The summed E-state index contributed by atoms with van der Waals surface area (Å²) in [6, 6.07) is 0.515. The second kappa shape index (κ2) is 5.11. The topological polar surface area (TPSA) is 78.4 Å². The Bertz CT molecular complexity index is 621. The number of alkyl halides is 3. The van der Waals surface area contributed by atoms with Crippen LogP contribution in [-0.4, -0.2) is 58.9 Å². The molecule has 1 aromatic heterocycles. The van der Waals surface area contributed by atoms with E-state index in [0.717, 1.165) is 12.3 Å². The third-order valence-electron chi connectivity index (χ3n) is 3.65. The molecule has 0 saturated carbocycles. The molecule has 1 atom stereocenters. The number of carbonyl (C=O) groups is 2. The highest BCUT2D eigenvalue weighted by Crippen LogP contribution is 2.28. The van der Waals surface area contributed by atoms with Crippen LogP contribution in [-0.2, 0) is 15.8 Å². The summed E-state index contributed by atoms with van der Waals surface area (Å²) >= 11 is 0. The molecule has 0 aromatic carbocycles. The number of nitrogens with zero attached hydrogens (tertiary/aromatic N) is 4. The van der Waals surface area contributed by atoms with Crippen LogP contribution in [0.1, 0.15) is 5.69 Å². The van der Waals surface area contributed by atoms with Gasteiger partial charge in [-0.2, -0.15) is 13.2 Å². The Morgan fingerprint density at radius 2 is 2.05 bits per heavy atom. The number of anilines is 1. The summed E-state index contributed by atoms with van der Waals surface area (Å²) in [5.41, 5.74) is -1.01. The number of halogens is 3. The second-order valence-corrected chi connectivity index (χ2v) is 5.05. The normalized spacial score (nSPS) is 22.4. The minimum atomic E-state index is -4.53. The van der Waals surface area contributed by atoms with Crippen LogP contribution in [0.5, 0.6) is 0 Å². The number of rotatable bonds is 1. The van der Waals surface area contributed by atoms with E-state index >= 15 is 0 Å². The van der Waals surface area contributed by atoms with Gasteiger partial charge in [0.1, 0.15) is 5.69 Å². The number of aromatic nitrogens is 2. The van der Waals surface area contributed by atoms with Crippen molar-refractivity contribution in [3.63, 3.8) is 0 Å². The first-order valence-corrected chi connectivity index (χ1v) is 6.60. The highest BCUT2D eigenvalue weighted by atomic mass is 19.4. The van der Waals surface area contributed by atoms with Gasteiger partial charge in [0, 0.05) is 32.4 Å². The van der Waals surface area contributed by atoms with Crippen LogP contribution in [0.25, 0.3) is 0 Å². The maximum absolute atomic E-state index is 12.7. The molecule has 1 aromatic rings. The molecule has 2 fully saturated rings. The number of fused-ring (bicyclic) bond motifs is 1. The van der Waals surface area contributed by atoms with Gasteiger partial charge in [-0.25, -0.2) is 9.97 Å². The highest BCUT2D eigenvalue weighted by molar-refractivity contribution is 6.35. The molecule has 2 aliphatic rings. The molecule has 1 N–H and O–H groups in total. The number of hydrogen-bond acceptors (Lipinski definition) is 5. The Labute approximate surface area is 123 Å². The summed E-state index contributed by atoms with van der Waals surface area (Å²) in [6.07, 6.45) is -3.47.